The van der Waals surface area contributed by atoms with Crippen molar-refractivity contribution in [1.82, 2.24) is 24.6 Å². The molecule has 0 spiro atoms. The maximum atomic E-state index is 12.6. The number of nitrogens with zero attached hydrogens (tertiary/aromatic N) is 4. The molecule has 0 fully saturated rings. The third-order valence-electron chi connectivity index (χ3n) is 3.93. The van der Waals surface area contributed by atoms with E-state index in [0.29, 0.717) is 17.6 Å². The van der Waals surface area contributed by atoms with Crippen LogP contribution in [-0.4, -0.2) is 37.6 Å². The van der Waals surface area contributed by atoms with E-state index in [1.165, 1.54) is 4.90 Å². The number of aromatic amines is 1. The van der Waals surface area contributed by atoms with Crippen molar-refractivity contribution in [2.24, 2.45) is 0 Å². The van der Waals surface area contributed by atoms with Crippen molar-refractivity contribution >= 4 is 16.9 Å². The van der Waals surface area contributed by atoms with Gasteiger partial charge in [-0.05, 0) is 26.0 Å². The molecule has 0 bridgehead atoms. The van der Waals surface area contributed by atoms with Gasteiger partial charge in [-0.15, -0.1) is 0 Å². The molecule has 0 atom stereocenters. The predicted octanol–water partition coefficient (Wildman–Crippen LogP) is 1.72. The zero-order valence-corrected chi connectivity index (χ0v) is 13.9. The van der Waals surface area contributed by atoms with Crippen LogP contribution in [0.3, 0.4) is 0 Å². The lowest BCUT2D eigenvalue weighted by Crippen LogP contribution is -2.32. The molecule has 0 aliphatic heterocycles. The zero-order chi connectivity index (χ0) is 17.3. The standard InChI is InChI=1S/C17H19N5O2/c1-4-22-10-12(11(2)20-22)9-21(3)17(24)15-16(23)19-14-8-6-5-7-13(14)18-15/h5-8,10H,4,9H2,1-3H3,(H,19,23). The second kappa shape index (κ2) is 6.27. The SMILES string of the molecule is CCn1cc(CN(C)C(=O)c2nc3ccccc3[nH]c2=O)c(C)n1. The smallest absolute Gasteiger partial charge is 0.280 e. The van der Waals surface area contributed by atoms with Crippen molar-refractivity contribution in [2.75, 3.05) is 7.05 Å². The predicted molar refractivity (Wildman–Crippen MR) is 90.8 cm³/mol. The van der Waals surface area contributed by atoms with Crippen LogP contribution < -0.4 is 5.56 Å². The normalized spacial score (nSPS) is 11.0. The highest BCUT2D eigenvalue weighted by Gasteiger charge is 2.19. The first-order valence-corrected chi connectivity index (χ1v) is 7.77. The van der Waals surface area contributed by atoms with Gasteiger partial charge in [-0.2, -0.15) is 5.10 Å². The van der Waals surface area contributed by atoms with E-state index in [9.17, 15) is 9.59 Å². The van der Waals surface area contributed by atoms with E-state index in [4.69, 9.17) is 0 Å². The Morgan fingerprint density at radius 2 is 2.08 bits per heavy atom. The lowest BCUT2D eigenvalue weighted by molar-refractivity contribution is 0.0777. The molecule has 0 unspecified atom stereocenters. The van der Waals surface area contributed by atoms with Crippen LogP contribution in [0.2, 0.25) is 0 Å². The van der Waals surface area contributed by atoms with Gasteiger partial charge in [0, 0.05) is 31.9 Å². The number of rotatable bonds is 4. The summed E-state index contributed by atoms with van der Waals surface area (Å²) in [6.07, 6.45) is 1.91. The number of carbonyl (C=O) groups is 1. The molecule has 0 aliphatic rings. The number of amides is 1. The second-order valence-corrected chi connectivity index (χ2v) is 5.69. The second-order valence-electron chi connectivity index (χ2n) is 5.69. The minimum absolute atomic E-state index is 0.100. The molecular weight excluding hydrogens is 306 g/mol. The van der Waals surface area contributed by atoms with Crippen LogP contribution in [0.1, 0.15) is 28.7 Å². The van der Waals surface area contributed by atoms with E-state index in [2.05, 4.69) is 15.1 Å². The molecule has 3 rings (SSSR count). The first kappa shape index (κ1) is 15.9. The largest absolute Gasteiger partial charge is 0.336 e. The van der Waals surface area contributed by atoms with Crippen molar-refractivity contribution in [3.05, 3.63) is 57.8 Å². The Balaban J connectivity index is 1.89. The van der Waals surface area contributed by atoms with Crippen molar-refractivity contribution in [2.45, 2.75) is 26.9 Å². The fourth-order valence-corrected chi connectivity index (χ4v) is 2.56. The Bertz CT molecular complexity index is 957. The third-order valence-corrected chi connectivity index (χ3v) is 3.93. The van der Waals surface area contributed by atoms with Gasteiger partial charge in [0.2, 0.25) is 0 Å². The van der Waals surface area contributed by atoms with Gasteiger partial charge in [-0.1, -0.05) is 12.1 Å². The van der Waals surface area contributed by atoms with E-state index >= 15 is 0 Å². The first-order chi connectivity index (χ1) is 11.5. The number of aromatic nitrogens is 4. The van der Waals surface area contributed by atoms with Crippen molar-refractivity contribution in [3.63, 3.8) is 0 Å². The summed E-state index contributed by atoms with van der Waals surface area (Å²) in [5.41, 5.74) is 2.44. The molecule has 24 heavy (non-hydrogen) atoms. The Morgan fingerprint density at radius 1 is 1.33 bits per heavy atom. The molecule has 0 radical (unpaired) electrons. The molecule has 0 saturated carbocycles. The molecule has 7 heteroatoms. The number of nitrogens with one attached hydrogen (secondary N) is 1. The monoisotopic (exact) mass is 325 g/mol. The number of fused-ring (bicyclic) bond motifs is 1. The van der Waals surface area contributed by atoms with Gasteiger partial charge in [-0.3, -0.25) is 14.3 Å². The van der Waals surface area contributed by atoms with Gasteiger partial charge >= 0.3 is 0 Å². The molecule has 0 saturated heterocycles. The topological polar surface area (TPSA) is 83.9 Å². The summed E-state index contributed by atoms with van der Waals surface area (Å²) in [4.78, 5) is 33.2. The van der Waals surface area contributed by atoms with Crippen LogP contribution in [0, 0.1) is 6.92 Å². The molecule has 1 amide bonds. The number of H-pyrrole nitrogens is 1. The molecule has 2 heterocycles. The van der Waals surface area contributed by atoms with Crippen molar-refractivity contribution in [3.8, 4) is 0 Å². The summed E-state index contributed by atoms with van der Waals surface area (Å²) in [5.74, 6) is -0.411. The van der Waals surface area contributed by atoms with E-state index in [-0.39, 0.29) is 5.69 Å². The van der Waals surface area contributed by atoms with Gasteiger partial charge < -0.3 is 9.88 Å². The van der Waals surface area contributed by atoms with E-state index in [1.807, 2.05) is 36.9 Å². The van der Waals surface area contributed by atoms with E-state index < -0.39 is 11.5 Å². The first-order valence-electron chi connectivity index (χ1n) is 7.77. The van der Waals surface area contributed by atoms with Crippen LogP contribution in [0.4, 0.5) is 0 Å². The summed E-state index contributed by atoms with van der Waals surface area (Å²) in [6, 6.07) is 7.14. The summed E-state index contributed by atoms with van der Waals surface area (Å²) in [5, 5.41) is 4.37. The van der Waals surface area contributed by atoms with Crippen LogP contribution in [0.25, 0.3) is 11.0 Å². The van der Waals surface area contributed by atoms with Crippen LogP contribution >= 0.6 is 0 Å². The average Bonchev–Trinajstić information content (AvgIpc) is 2.93. The number of hydrogen-bond donors (Lipinski definition) is 1. The molecule has 0 aliphatic carbocycles. The number of benzene rings is 1. The molecule has 3 aromatic rings. The summed E-state index contributed by atoms with van der Waals surface area (Å²) >= 11 is 0. The fourth-order valence-electron chi connectivity index (χ4n) is 2.56. The van der Waals surface area contributed by atoms with Crippen molar-refractivity contribution in [1.29, 1.82) is 0 Å². The van der Waals surface area contributed by atoms with Crippen molar-refractivity contribution < 1.29 is 4.79 Å². The molecule has 1 aromatic carbocycles. The lowest BCUT2D eigenvalue weighted by atomic mass is 10.2. The van der Waals surface area contributed by atoms with E-state index in [1.54, 1.807) is 19.2 Å². The van der Waals surface area contributed by atoms with Gasteiger partial charge in [0.1, 0.15) is 0 Å². The van der Waals surface area contributed by atoms with Gasteiger partial charge in [0.05, 0.1) is 16.7 Å². The summed E-state index contributed by atoms with van der Waals surface area (Å²) in [6.45, 7) is 5.05. The Hall–Kier alpha value is -2.96. The van der Waals surface area contributed by atoms with Crippen LogP contribution in [0.5, 0.6) is 0 Å². The molecule has 2 aromatic heterocycles. The number of hydrogen-bond acceptors (Lipinski definition) is 4. The number of aryl methyl sites for hydroxylation is 2. The summed E-state index contributed by atoms with van der Waals surface area (Å²) in [7, 11) is 1.65. The Morgan fingerprint density at radius 3 is 2.79 bits per heavy atom. The highest BCUT2D eigenvalue weighted by atomic mass is 16.2. The quantitative estimate of drug-likeness (QED) is 0.791. The maximum absolute atomic E-state index is 12.6. The Labute approximate surface area is 138 Å². The van der Waals surface area contributed by atoms with E-state index in [0.717, 1.165) is 17.8 Å². The minimum atomic E-state index is -0.480. The summed E-state index contributed by atoms with van der Waals surface area (Å²) < 4.78 is 1.82. The average molecular weight is 325 g/mol. The lowest BCUT2D eigenvalue weighted by Gasteiger charge is -2.16. The Kier molecular flexibility index (Phi) is 4.16. The molecule has 1 N–H and O–H groups in total. The minimum Gasteiger partial charge on any atom is -0.336 e. The third kappa shape index (κ3) is 2.92. The fraction of sp³-hybridized carbons (Fsp3) is 0.294. The number of carbonyl (C=O) groups excluding carboxylic acids is 1. The highest BCUT2D eigenvalue weighted by molar-refractivity contribution is 5.93. The van der Waals surface area contributed by atoms with Crippen LogP contribution in [0.15, 0.2) is 35.3 Å². The van der Waals surface area contributed by atoms with Gasteiger partial charge in [0.25, 0.3) is 11.5 Å². The zero-order valence-electron chi connectivity index (χ0n) is 13.9. The van der Waals surface area contributed by atoms with Gasteiger partial charge in [0.15, 0.2) is 5.69 Å². The highest BCUT2D eigenvalue weighted by Crippen LogP contribution is 2.11. The number of para-hydroxylation sites is 2. The molecular formula is C17H19N5O2. The van der Waals surface area contributed by atoms with Gasteiger partial charge in [-0.25, -0.2) is 4.98 Å². The van der Waals surface area contributed by atoms with Crippen LogP contribution in [-0.2, 0) is 13.1 Å². The molecule has 7 nitrogen and oxygen atoms in total. The molecule has 124 valence electrons. The maximum Gasteiger partial charge on any atom is 0.280 e.